The Morgan fingerprint density at radius 2 is 2.00 bits per heavy atom. The lowest BCUT2D eigenvalue weighted by Crippen LogP contribution is -2.28. The van der Waals surface area contributed by atoms with Crippen LogP contribution in [0.1, 0.15) is 26.3 Å². The van der Waals surface area contributed by atoms with Crippen molar-refractivity contribution in [1.29, 1.82) is 0 Å². The minimum Gasteiger partial charge on any atom is -0.493 e. The fourth-order valence-electron chi connectivity index (χ4n) is 1.64. The highest BCUT2D eigenvalue weighted by atomic mass is 16.5. The summed E-state index contributed by atoms with van der Waals surface area (Å²) in [5.74, 6) is 1.63. The summed E-state index contributed by atoms with van der Waals surface area (Å²) >= 11 is 0. The SMILES string of the molecule is CCNCC(C)Oc1ccc(CC)cc1OC. The lowest BCUT2D eigenvalue weighted by Gasteiger charge is -2.17. The van der Waals surface area contributed by atoms with E-state index in [1.165, 1.54) is 5.56 Å². The van der Waals surface area contributed by atoms with Crippen molar-refractivity contribution >= 4 is 0 Å². The standard InChI is InChI=1S/C14H23NO2/c1-5-12-7-8-13(14(9-12)16-4)17-11(3)10-15-6-2/h7-9,11,15H,5-6,10H2,1-4H3. The van der Waals surface area contributed by atoms with Crippen LogP contribution in [-0.4, -0.2) is 26.3 Å². The zero-order valence-corrected chi connectivity index (χ0v) is 11.2. The average Bonchev–Trinajstić information content (AvgIpc) is 2.36. The molecule has 0 aliphatic heterocycles. The van der Waals surface area contributed by atoms with Crippen molar-refractivity contribution in [2.45, 2.75) is 33.3 Å². The van der Waals surface area contributed by atoms with E-state index in [2.05, 4.69) is 32.2 Å². The van der Waals surface area contributed by atoms with Crippen molar-refractivity contribution < 1.29 is 9.47 Å². The van der Waals surface area contributed by atoms with Gasteiger partial charge in [0.25, 0.3) is 0 Å². The van der Waals surface area contributed by atoms with Gasteiger partial charge in [-0.05, 0) is 37.6 Å². The highest BCUT2D eigenvalue weighted by Crippen LogP contribution is 2.29. The van der Waals surface area contributed by atoms with Crippen molar-refractivity contribution in [1.82, 2.24) is 5.32 Å². The zero-order valence-electron chi connectivity index (χ0n) is 11.2. The molecular weight excluding hydrogens is 214 g/mol. The summed E-state index contributed by atoms with van der Waals surface area (Å²) in [4.78, 5) is 0. The Morgan fingerprint density at radius 1 is 1.24 bits per heavy atom. The molecule has 0 heterocycles. The molecule has 0 amide bonds. The molecule has 0 spiro atoms. The topological polar surface area (TPSA) is 30.5 Å². The lowest BCUT2D eigenvalue weighted by atomic mass is 10.1. The predicted octanol–water partition coefficient (Wildman–Crippen LogP) is 2.63. The van der Waals surface area contributed by atoms with Crippen molar-refractivity contribution in [3.8, 4) is 11.5 Å². The Bertz CT molecular complexity index is 339. The van der Waals surface area contributed by atoms with E-state index in [-0.39, 0.29) is 6.10 Å². The van der Waals surface area contributed by atoms with Crippen molar-refractivity contribution in [2.24, 2.45) is 0 Å². The molecule has 0 fully saturated rings. The number of likely N-dealkylation sites (N-methyl/N-ethyl adjacent to an activating group) is 1. The number of aryl methyl sites for hydroxylation is 1. The van der Waals surface area contributed by atoms with Crippen LogP contribution in [0.2, 0.25) is 0 Å². The molecule has 0 aliphatic carbocycles. The molecule has 1 rings (SSSR count). The monoisotopic (exact) mass is 237 g/mol. The second-order valence-electron chi connectivity index (χ2n) is 4.07. The highest BCUT2D eigenvalue weighted by Gasteiger charge is 2.09. The van der Waals surface area contributed by atoms with Crippen LogP contribution in [0.4, 0.5) is 0 Å². The quantitative estimate of drug-likeness (QED) is 0.791. The van der Waals surface area contributed by atoms with Crippen LogP contribution >= 0.6 is 0 Å². The summed E-state index contributed by atoms with van der Waals surface area (Å²) < 4.78 is 11.2. The van der Waals surface area contributed by atoms with Gasteiger partial charge in [0.2, 0.25) is 0 Å². The third kappa shape index (κ3) is 4.27. The van der Waals surface area contributed by atoms with Gasteiger partial charge < -0.3 is 14.8 Å². The molecule has 1 aromatic carbocycles. The van der Waals surface area contributed by atoms with Gasteiger partial charge in [-0.1, -0.05) is 19.9 Å². The molecule has 1 atom stereocenters. The van der Waals surface area contributed by atoms with Gasteiger partial charge in [0, 0.05) is 6.54 Å². The van der Waals surface area contributed by atoms with E-state index >= 15 is 0 Å². The summed E-state index contributed by atoms with van der Waals surface area (Å²) in [6.45, 7) is 8.07. The molecule has 0 aromatic heterocycles. The van der Waals surface area contributed by atoms with Crippen LogP contribution in [0.5, 0.6) is 11.5 Å². The molecule has 1 unspecified atom stereocenters. The smallest absolute Gasteiger partial charge is 0.161 e. The first-order valence-electron chi connectivity index (χ1n) is 6.25. The molecule has 1 aromatic rings. The summed E-state index contributed by atoms with van der Waals surface area (Å²) in [7, 11) is 1.68. The molecule has 96 valence electrons. The minimum absolute atomic E-state index is 0.135. The number of nitrogens with one attached hydrogen (secondary N) is 1. The fourth-order valence-corrected chi connectivity index (χ4v) is 1.64. The normalized spacial score (nSPS) is 12.2. The number of hydrogen-bond acceptors (Lipinski definition) is 3. The first-order valence-corrected chi connectivity index (χ1v) is 6.25. The Morgan fingerprint density at radius 3 is 2.59 bits per heavy atom. The van der Waals surface area contributed by atoms with Gasteiger partial charge in [0.15, 0.2) is 11.5 Å². The summed E-state index contributed by atoms with van der Waals surface area (Å²) in [6, 6.07) is 6.10. The Kier molecular flexibility index (Phi) is 5.84. The molecule has 1 N–H and O–H groups in total. The Balaban J connectivity index is 2.69. The Labute approximate surface area is 104 Å². The van der Waals surface area contributed by atoms with Crippen LogP contribution < -0.4 is 14.8 Å². The first kappa shape index (κ1) is 13.8. The van der Waals surface area contributed by atoms with Gasteiger partial charge in [0.05, 0.1) is 7.11 Å². The van der Waals surface area contributed by atoms with E-state index in [1.54, 1.807) is 7.11 Å². The van der Waals surface area contributed by atoms with Gasteiger partial charge in [-0.25, -0.2) is 0 Å². The number of rotatable bonds is 7. The van der Waals surface area contributed by atoms with Gasteiger partial charge >= 0.3 is 0 Å². The van der Waals surface area contributed by atoms with E-state index in [4.69, 9.17) is 9.47 Å². The third-order valence-electron chi connectivity index (χ3n) is 2.65. The number of methoxy groups -OCH3 is 1. The first-order chi connectivity index (χ1) is 8.21. The number of hydrogen-bond donors (Lipinski definition) is 1. The molecule has 3 nitrogen and oxygen atoms in total. The zero-order chi connectivity index (χ0) is 12.7. The van der Waals surface area contributed by atoms with Crippen molar-refractivity contribution in [3.63, 3.8) is 0 Å². The average molecular weight is 237 g/mol. The van der Waals surface area contributed by atoms with E-state index in [1.807, 2.05) is 12.1 Å². The molecule has 3 heteroatoms. The molecule has 0 saturated carbocycles. The van der Waals surface area contributed by atoms with Gasteiger partial charge in [-0.15, -0.1) is 0 Å². The van der Waals surface area contributed by atoms with Crippen LogP contribution in [-0.2, 0) is 6.42 Å². The van der Waals surface area contributed by atoms with Crippen LogP contribution in [0.15, 0.2) is 18.2 Å². The lowest BCUT2D eigenvalue weighted by molar-refractivity contribution is 0.208. The molecule has 0 bridgehead atoms. The summed E-state index contributed by atoms with van der Waals surface area (Å²) in [5.41, 5.74) is 1.26. The minimum atomic E-state index is 0.135. The van der Waals surface area contributed by atoms with Gasteiger partial charge in [-0.3, -0.25) is 0 Å². The largest absolute Gasteiger partial charge is 0.493 e. The van der Waals surface area contributed by atoms with E-state index < -0.39 is 0 Å². The maximum Gasteiger partial charge on any atom is 0.161 e. The van der Waals surface area contributed by atoms with Crippen LogP contribution in [0.25, 0.3) is 0 Å². The molecule has 17 heavy (non-hydrogen) atoms. The maximum absolute atomic E-state index is 5.85. The molecular formula is C14H23NO2. The van der Waals surface area contributed by atoms with Gasteiger partial charge in [0.1, 0.15) is 6.10 Å². The van der Waals surface area contributed by atoms with Crippen molar-refractivity contribution in [2.75, 3.05) is 20.2 Å². The molecule has 0 aliphatic rings. The van der Waals surface area contributed by atoms with Crippen molar-refractivity contribution in [3.05, 3.63) is 23.8 Å². The number of benzene rings is 1. The van der Waals surface area contributed by atoms with Gasteiger partial charge in [-0.2, -0.15) is 0 Å². The predicted molar refractivity (Wildman–Crippen MR) is 71.0 cm³/mol. The van der Waals surface area contributed by atoms with E-state index in [9.17, 15) is 0 Å². The summed E-state index contributed by atoms with van der Waals surface area (Å²) in [6.07, 6.45) is 1.14. The van der Waals surface area contributed by atoms with E-state index in [0.717, 1.165) is 31.0 Å². The van der Waals surface area contributed by atoms with Crippen LogP contribution in [0, 0.1) is 0 Å². The van der Waals surface area contributed by atoms with Crippen LogP contribution in [0.3, 0.4) is 0 Å². The number of ether oxygens (including phenoxy) is 2. The highest BCUT2D eigenvalue weighted by molar-refractivity contribution is 5.43. The summed E-state index contributed by atoms with van der Waals surface area (Å²) in [5, 5.41) is 3.26. The molecule has 0 radical (unpaired) electrons. The maximum atomic E-state index is 5.85. The van der Waals surface area contributed by atoms with E-state index in [0.29, 0.717) is 0 Å². The third-order valence-corrected chi connectivity index (χ3v) is 2.65. The second kappa shape index (κ2) is 7.17. The Hall–Kier alpha value is -1.22. The second-order valence-corrected chi connectivity index (χ2v) is 4.07. The fraction of sp³-hybridized carbons (Fsp3) is 0.571. The molecule has 0 saturated heterocycles.